The summed E-state index contributed by atoms with van der Waals surface area (Å²) in [6.45, 7) is 3.52. The molecule has 1 N–H and O–H groups in total. The third kappa shape index (κ3) is 4.75. The number of ether oxygens (including phenoxy) is 2. The monoisotopic (exact) mass is 235 g/mol. The van der Waals surface area contributed by atoms with E-state index in [-0.39, 0.29) is 0 Å². The Hall–Kier alpha value is -1.06. The molecule has 0 spiro atoms. The van der Waals surface area contributed by atoms with Crippen LogP contribution < -0.4 is 10.1 Å². The highest BCUT2D eigenvalue weighted by Gasteiger charge is 2.19. The second kappa shape index (κ2) is 6.62. The van der Waals surface area contributed by atoms with E-state index >= 15 is 0 Å². The van der Waals surface area contributed by atoms with Crippen LogP contribution in [0.3, 0.4) is 0 Å². The summed E-state index contributed by atoms with van der Waals surface area (Å²) in [6.07, 6.45) is 2.80. The lowest BCUT2D eigenvalue weighted by Gasteiger charge is -2.07. The number of rotatable bonds is 8. The Morgan fingerprint density at radius 1 is 1.35 bits per heavy atom. The number of hydrogen-bond acceptors (Lipinski definition) is 3. The summed E-state index contributed by atoms with van der Waals surface area (Å²) in [6, 6.07) is 8.00. The van der Waals surface area contributed by atoms with Crippen LogP contribution in [0.25, 0.3) is 0 Å². The molecule has 0 saturated heterocycles. The van der Waals surface area contributed by atoms with Gasteiger partial charge in [0.05, 0.1) is 20.3 Å². The van der Waals surface area contributed by atoms with Crippen LogP contribution in [0.5, 0.6) is 5.75 Å². The molecule has 1 aromatic carbocycles. The molecule has 0 amide bonds. The SMILES string of the molecule is COc1cccc(COCCNCC2CC2)c1. The Morgan fingerprint density at radius 3 is 3.00 bits per heavy atom. The standard InChI is InChI=1S/C14H21NO2/c1-16-14-4-2-3-13(9-14)11-17-8-7-15-10-12-5-6-12/h2-4,9,12,15H,5-8,10-11H2,1H3. The summed E-state index contributed by atoms with van der Waals surface area (Å²) in [5.41, 5.74) is 1.16. The topological polar surface area (TPSA) is 30.5 Å². The molecule has 0 bridgehead atoms. The van der Waals surface area contributed by atoms with Crippen molar-refractivity contribution < 1.29 is 9.47 Å². The average molecular weight is 235 g/mol. The summed E-state index contributed by atoms with van der Waals surface area (Å²) in [5.74, 6) is 1.83. The van der Waals surface area contributed by atoms with Crippen molar-refractivity contribution in [3.05, 3.63) is 29.8 Å². The van der Waals surface area contributed by atoms with E-state index < -0.39 is 0 Å². The minimum absolute atomic E-state index is 0.655. The predicted octanol–water partition coefficient (Wildman–Crippen LogP) is 2.21. The van der Waals surface area contributed by atoms with E-state index in [1.807, 2.05) is 18.2 Å². The van der Waals surface area contributed by atoms with Crippen molar-refractivity contribution in [2.45, 2.75) is 19.4 Å². The maximum absolute atomic E-state index is 5.60. The summed E-state index contributed by atoms with van der Waals surface area (Å²) >= 11 is 0. The molecule has 0 atom stereocenters. The zero-order valence-corrected chi connectivity index (χ0v) is 10.4. The van der Waals surface area contributed by atoms with Gasteiger partial charge in [-0.3, -0.25) is 0 Å². The third-order valence-electron chi connectivity index (χ3n) is 2.96. The average Bonchev–Trinajstić information content (AvgIpc) is 3.18. The molecule has 1 aliphatic carbocycles. The van der Waals surface area contributed by atoms with Gasteiger partial charge in [-0.25, -0.2) is 0 Å². The fourth-order valence-corrected chi connectivity index (χ4v) is 1.72. The van der Waals surface area contributed by atoms with Crippen LogP contribution in [-0.4, -0.2) is 26.8 Å². The molecule has 17 heavy (non-hydrogen) atoms. The normalized spacial score (nSPS) is 14.9. The maximum Gasteiger partial charge on any atom is 0.119 e. The van der Waals surface area contributed by atoms with Crippen molar-refractivity contribution in [1.29, 1.82) is 0 Å². The molecule has 1 fully saturated rings. The highest BCUT2D eigenvalue weighted by atomic mass is 16.5. The lowest BCUT2D eigenvalue weighted by atomic mass is 10.2. The molecular weight excluding hydrogens is 214 g/mol. The van der Waals surface area contributed by atoms with Crippen LogP contribution in [0.1, 0.15) is 18.4 Å². The molecule has 1 aliphatic rings. The fraction of sp³-hybridized carbons (Fsp3) is 0.571. The minimum atomic E-state index is 0.655. The van der Waals surface area contributed by atoms with Crippen LogP contribution >= 0.6 is 0 Å². The van der Waals surface area contributed by atoms with Gasteiger partial charge in [0.2, 0.25) is 0 Å². The van der Waals surface area contributed by atoms with E-state index in [0.717, 1.165) is 36.9 Å². The van der Waals surface area contributed by atoms with E-state index in [1.54, 1.807) is 7.11 Å². The first kappa shape index (κ1) is 12.4. The first-order valence-corrected chi connectivity index (χ1v) is 6.30. The number of benzene rings is 1. The summed E-state index contributed by atoms with van der Waals surface area (Å²) in [5, 5.41) is 3.41. The Kier molecular flexibility index (Phi) is 4.83. The molecule has 2 rings (SSSR count). The van der Waals surface area contributed by atoms with E-state index in [4.69, 9.17) is 9.47 Å². The molecule has 0 radical (unpaired) electrons. The van der Waals surface area contributed by atoms with Crippen LogP contribution in [0.2, 0.25) is 0 Å². The minimum Gasteiger partial charge on any atom is -0.497 e. The largest absolute Gasteiger partial charge is 0.497 e. The van der Waals surface area contributed by atoms with Gasteiger partial charge < -0.3 is 14.8 Å². The lowest BCUT2D eigenvalue weighted by Crippen LogP contribution is -2.21. The molecule has 0 aromatic heterocycles. The summed E-state index contributed by atoms with van der Waals surface area (Å²) in [7, 11) is 1.68. The fourth-order valence-electron chi connectivity index (χ4n) is 1.72. The Labute approximate surface area is 103 Å². The van der Waals surface area contributed by atoms with Crippen molar-refractivity contribution in [3.8, 4) is 5.75 Å². The van der Waals surface area contributed by atoms with Gasteiger partial charge in [-0.05, 0) is 43.0 Å². The van der Waals surface area contributed by atoms with Gasteiger partial charge in [-0.15, -0.1) is 0 Å². The number of methoxy groups -OCH3 is 1. The van der Waals surface area contributed by atoms with Gasteiger partial charge in [-0.2, -0.15) is 0 Å². The highest BCUT2D eigenvalue weighted by molar-refractivity contribution is 5.27. The van der Waals surface area contributed by atoms with Crippen LogP contribution in [-0.2, 0) is 11.3 Å². The smallest absolute Gasteiger partial charge is 0.119 e. The van der Waals surface area contributed by atoms with E-state index in [2.05, 4.69) is 11.4 Å². The first-order valence-electron chi connectivity index (χ1n) is 6.30. The maximum atomic E-state index is 5.60. The number of nitrogens with one attached hydrogen (secondary N) is 1. The van der Waals surface area contributed by atoms with Crippen molar-refractivity contribution in [1.82, 2.24) is 5.32 Å². The van der Waals surface area contributed by atoms with Gasteiger partial charge >= 0.3 is 0 Å². The molecule has 0 aliphatic heterocycles. The Balaban J connectivity index is 1.56. The zero-order valence-electron chi connectivity index (χ0n) is 10.4. The quantitative estimate of drug-likeness (QED) is 0.701. The van der Waals surface area contributed by atoms with Crippen molar-refractivity contribution in [2.24, 2.45) is 5.92 Å². The zero-order chi connectivity index (χ0) is 11.9. The molecule has 0 unspecified atom stereocenters. The summed E-state index contributed by atoms with van der Waals surface area (Å²) in [4.78, 5) is 0. The Morgan fingerprint density at radius 2 is 2.24 bits per heavy atom. The summed E-state index contributed by atoms with van der Waals surface area (Å²) < 4.78 is 10.8. The van der Waals surface area contributed by atoms with Crippen molar-refractivity contribution in [2.75, 3.05) is 26.8 Å². The van der Waals surface area contributed by atoms with Crippen molar-refractivity contribution in [3.63, 3.8) is 0 Å². The van der Waals surface area contributed by atoms with E-state index in [9.17, 15) is 0 Å². The molecule has 3 heteroatoms. The van der Waals surface area contributed by atoms with Crippen molar-refractivity contribution >= 4 is 0 Å². The van der Waals surface area contributed by atoms with Crippen LogP contribution in [0.15, 0.2) is 24.3 Å². The van der Waals surface area contributed by atoms with Gasteiger partial charge in [0.1, 0.15) is 5.75 Å². The Bertz CT molecular complexity index is 337. The predicted molar refractivity (Wildman–Crippen MR) is 68.2 cm³/mol. The molecule has 0 heterocycles. The molecule has 1 aromatic rings. The number of hydrogen-bond donors (Lipinski definition) is 1. The van der Waals surface area contributed by atoms with E-state index in [1.165, 1.54) is 12.8 Å². The van der Waals surface area contributed by atoms with Gasteiger partial charge in [0.25, 0.3) is 0 Å². The van der Waals surface area contributed by atoms with E-state index in [0.29, 0.717) is 6.61 Å². The lowest BCUT2D eigenvalue weighted by molar-refractivity contribution is 0.122. The van der Waals surface area contributed by atoms with Gasteiger partial charge in [0, 0.05) is 6.54 Å². The van der Waals surface area contributed by atoms with Gasteiger partial charge in [-0.1, -0.05) is 12.1 Å². The second-order valence-electron chi connectivity index (χ2n) is 4.55. The molecule has 3 nitrogen and oxygen atoms in total. The molecular formula is C14H21NO2. The molecule has 1 saturated carbocycles. The van der Waals surface area contributed by atoms with Gasteiger partial charge in [0.15, 0.2) is 0 Å². The second-order valence-corrected chi connectivity index (χ2v) is 4.55. The van der Waals surface area contributed by atoms with Crippen LogP contribution in [0, 0.1) is 5.92 Å². The molecule has 94 valence electrons. The third-order valence-corrected chi connectivity index (χ3v) is 2.96. The van der Waals surface area contributed by atoms with Crippen LogP contribution in [0.4, 0.5) is 0 Å². The highest BCUT2D eigenvalue weighted by Crippen LogP contribution is 2.27. The first-order chi connectivity index (χ1) is 8.38.